The third-order valence-corrected chi connectivity index (χ3v) is 5.84. The fourth-order valence-corrected chi connectivity index (χ4v) is 4.08. The topological polar surface area (TPSA) is 51.2 Å². The lowest BCUT2D eigenvalue weighted by Crippen LogP contribution is -2.32. The van der Waals surface area contributed by atoms with E-state index in [1.54, 1.807) is 6.20 Å². The van der Waals surface area contributed by atoms with Crippen LogP contribution in [0.5, 0.6) is 10.9 Å². The zero-order valence-electron chi connectivity index (χ0n) is 15.4. The van der Waals surface area contributed by atoms with Gasteiger partial charge < -0.3 is 10.1 Å². The van der Waals surface area contributed by atoms with E-state index in [1.165, 1.54) is 43.4 Å². The van der Waals surface area contributed by atoms with Crippen LogP contribution in [0, 0.1) is 11.8 Å². The van der Waals surface area contributed by atoms with Crippen molar-refractivity contribution in [1.82, 2.24) is 10.3 Å². The molecule has 4 nitrogen and oxygen atoms in total. The first kappa shape index (κ1) is 18.9. The van der Waals surface area contributed by atoms with Gasteiger partial charge in [0, 0.05) is 24.0 Å². The maximum absolute atomic E-state index is 12.4. The summed E-state index contributed by atoms with van der Waals surface area (Å²) in [5, 5.41) is 5.63. The molecule has 1 aliphatic rings. The van der Waals surface area contributed by atoms with Crippen LogP contribution < -0.4 is 10.1 Å². The molecule has 0 spiro atoms. The first-order valence-electron chi connectivity index (χ1n) is 9.68. The molecule has 0 aliphatic heterocycles. The zero-order chi connectivity index (χ0) is 18.2. The van der Waals surface area contributed by atoms with E-state index >= 15 is 0 Å². The number of thiazole rings is 1. The second kappa shape index (κ2) is 9.72. The van der Waals surface area contributed by atoms with Gasteiger partial charge in [-0.2, -0.15) is 0 Å². The molecule has 0 saturated heterocycles. The van der Waals surface area contributed by atoms with Crippen molar-refractivity contribution >= 4 is 17.2 Å². The SMILES string of the molecule is CCCCC1CCC(C(=O)NCc2ccc(Oc3nccs3)cc2)CC1. The summed E-state index contributed by atoms with van der Waals surface area (Å²) in [6.45, 7) is 2.82. The van der Waals surface area contributed by atoms with Crippen molar-refractivity contribution in [2.75, 3.05) is 0 Å². The molecule has 5 heteroatoms. The summed E-state index contributed by atoms with van der Waals surface area (Å²) in [5.74, 6) is 2.01. The van der Waals surface area contributed by atoms with Crippen molar-refractivity contribution in [2.45, 2.75) is 58.4 Å². The Morgan fingerprint density at radius 3 is 2.65 bits per heavy atom. The summed E-state index contributed by atoms with van der Waals surface area (Å²) in [6.07, 6.45) is 10.2. The highest BCUT2D eigenvalue weighted by molar-refractivity contribution is 7.11. The lowest BCUT2D eigenvalue weighted by atomic mass is 9.79. The maximum Gasteiger partial charge on any atom is 0.278 e. The fourth-order valence-electron chi connectivity index (χ4n) is 3.58. The Morgan fingerprint density at radius 1 is 1.23 bits per heavy atom. The highest BCUT2D eigenvalue weighted by Crippen LogP contribution is 2.32. The van der Waals surface area contributed by atoms with Crippen LogP contribution in [-0.2, 0) is 11.3 Å². The second-order valence-corrected chi connectivity index (χ2v) is 7.98. The largest absolute Gasteiger partial charge is 0.431 e. The fraction of sp³-hybridized carbons (Fsp3) is 0.524. The van der Waals surface area contributed by atoms with Crippen LogP contribution >= 0.6 is 11.3 Å². The van der Waals surface area contributed by atoms with E-state index in [2.05, 4.69) is 17.2 Å². The van der Waals surface area contributed by atoms with E-state index in [9.17, 15) is 4.79 Å². The minimum atomic E-state index is 0.195. The standard InChI is InChI=1S/C21H28N2O2S/c1-2-3-4-16-5-9-18(10-6-16)20(24)23-15-17-7-11-19(12-8-17)25-21-22-13-14-26-21/h7-8,11-14,16,18H,2-6,9-10,15H2,1H3,(H,23,24). The van der Waals surface area contributed by atoms with E-state index in [0.717, 1.165) is 30.1 Å². The summed E-state index contributed by atoms with van der Waals surface area (Å²) < 4.78 is 5.65. The predicted molar refractivity (Wildman–Crippen MR) is 105 cm³/mol. The number of ether oxygens (including phenoxy) is 1. The quantitative estimate of drug-likeness (QED) is 0.661. The minimum absolute atomic E-state index is 0.195. The first-order chi connectivity index (χ1) is 12.7. The number of hydrogen-bond acceptors (Lipinski definition) is 4. The van der Waals surface area contributed by atoms with Gasteiger partial charge in [-0.3, -0.25) is 4.79 Å². The number of nitrogens with one attached hydrogen (secondary N) is 1. The molecule has 1 aromatic heterocycles. The number of carbonyl (C=O) groups excluding carboxylic acids is 1. The van der Waals surface area contributed by atoms with E-state index in [-0.39, 0.29) is 11.8 Å². The third kappa shape index (κ3) is 5.56. The second-order valence-electron chi connectivity index (χ2n) is 7.12. The van der Waals surface area contributed by atoms with Crippen LogP contribution in [0.15, 0.2) is 35.8 Å². The molecule has 3 rings (SSSR count). The van der Waals surface area contributed by atoms with E-state index in [1.807, 2.05) is 29.6 Å². The van der Waals surface area contributed by atoms with Crippen molar-refractivity contribution < 1.29 is 9.53 Å². The average molecular weight is 373 g/mol. The van der Waals surface area contributed by atoms with Gasteiger partial charge in [0.15, 0.2) is 0 Å². The Bertz CT molecular complexity index is 662. The third-order valence-electron chi connectivity index (χ3n) is 5.19. The molecule has 1 saturated carbocycles. The lowest BCUT2D eigenvalue weighted by Gasteiger charge is -2.27. The van der Waals surface area contributed by atoms with Crippen LogP contribution in [0.1, 0.15) is 57.4 Å². The Balaban J connectivity index is 1.40. The molecular weight excluding hydrogens is 344 g/mol. The molecule has 1 fully saturated rings. The molecule has 0 atom stereocenters. The summed E-state index contributed by atoms with van der Waals surface area (Å²) in [7, 11) is 0. The molecule has 0 radical (unpaired) electrons. The van der Waals surface area contributed by atoms with Crippen molar-refractivity contribution in [3.05, 3.63) is 41.4 Å². The Labute approximate surface area is 160 Å². The molecular formula is C21H28N2O2S. The van der Waals surface area contributed by atoms with Gasteiger partial charge >= 0.3 is 0 Å². The van der Waals surface area contributed by atoms with Gasteiger partial charge in [0.2, 0.25) is 5.91 Å². The number of unbranched alkanes of at least 4 members (excludes halogenated alkanes) is 1. The number of benzene rings is 1. The van der Waals surface area contributed by atoms with Crippen molar-refractivity contribution in [3.8, 4) is 10.9 Å². The van der Waals surface area contributed by atoms with Crippen LogP contribution in [0.2, 0.25) is 0 Å². The summed E-state index contributed by atoms with van der Waals surface area (Å²) in [5.41, 5.74) is 1.08. The molecule has 1 amide bonds. The molecule has 1 heterocycles. The predicted octanol–water partition coefficient (Wildman–Crippen LogP) is 5.55. The van der Waals surface area contributed by atoms with Crippen LogP contribution in [0.4, 0.5) is 0 Å². The highest BCUT2D eigenvalue weighted by Gasteiger charge is 2.25. The molecule has 1 aromatic carbocycles. The Kier molecular flexibility index (Phi) is 7.06. The van der Waals surface area contributed by atoms with Crippen molar-refractivity contribution in [1.29, 1.82) is 0 Å². The molecule has 140 valence electrons. The highest BCUT2D eigenvalue weighted by atomic mass is 32.1. The van der Waals surface area contributed by atoms with Crippen molar-refractivity contribution in [3.63, 3.8) is 0 Å². The van der Waals surface area contributed by atoms with Crippen LogP contribution in [0.3, 0.4) is 0 Å². The number of carbonyl (C=O) groups is 1. The summed E-state index contributed by atoms with van der Waals surface area (Å²) in [6, 6.07) is 7.82. The van der Waals surface area contributed by atoms with E-state index < -0.39 is 0 Å². The molecule has 26 heavy (non-hydrogen) atoms. The maximum atomic E-state index is 12.4. The smallest absolute Gasteiger partial charge is 0.278 e. The minimum Gasteiger partial charge on any atom is -0.431 e. The zero-order valence-corrected chi connectivity index (χ0v) is 16.3. The van der Waals surface area contributed by atoms with Gasteiger partial charge in [-0.1, -0.05) is 49.7 Å². The molecule has 0 unspecified atom stereocenters. The monoisotopic (exact) mass is 372 g/mol. The van der Waals surface area contributed by atoms with Gasteiger partial charge in [-0.05, 0) is 49.3 Å². The van der Waals surface area contributed by atoms with Crippen LogP contribution in [0.25, 0.3) is 0 Å². The molecule has 2 aromatic rings. The van der Waals surface area contributed by atoms with Crippen molar-refractivity contribution in [2.24, 2.45) is 11.8 Å². The van der Waals surface area contributed by atoms with E-state index in [0.29, 0.717) is 11.7 Å². The molecule has 1 N–H and O–H groups in total. The number of hydrogen-bond donors (Lipinski definition) is 1. The Hall–Kier alpha value is -1.88. The van der Waals surface area contributed by atoms with E-state index in [4.69, 9.17) is 4.74 Å². The van der Waals surface area contributed by atoms with Gasteiger partial charge in [-0.25, -0.2) is 4.98 Å². The van der Waals surface area contributed by atoms with Gasteiger partial charge in [-0.15, -0.1) is 0 Å². The van der Waals surface area contributed by atoms with Gasteiger partial charge in [0.05, 0.1) is 0 Å². The Morgan fingerprint density at radius 2 is 2.00 bits per heavy atom. The number of aromatic nitrogens is 1. The van der Waals surface area contributed by atoms with Crippen LogP contribution in [-0.4, -0.2) is 10.9 Å². The summed E-state index contributed by atoms with van der Waals surface area (Å²) in [4.78, 5) is 16.5. The lowest BCUT2D eigenvalue weighted by molar-refractivity contribution is -0.126. The van der Waals surface area contributed by atoms with Gasteiger partial charge in [0.25, 0.3) is 5.19 Å². The normalized spacial score (nSPS) is 19.9. The average Bonchev–Trinajstić information content (AvgIpc) is 3.19. The molecule has 0 bridgehead atoms. The molecule has 1 aliphatic carbocycles. The van der Waals surface area contributed by atoms with Gasteiger partial charge in [0.1, 0.15) is 5.75 Å². The number of rotatable bonds is 8. The first-order valence-corrected chi connectivity index (χ1v) is 10.6. The number of nitrogens with zero attached hydrogens (tertiary/aromatic N) is 1. The number of amides is 1. The summed E-state index contributed by atoms with van der Waals surface area (Å²) >= 11 is 1.47.